The molecule has 2 N–H and O–H groups in total. The number of ether oxygens (including phenoxy) is 2. The fourth-order valence-corrected chi connectivity index (χ4v) is 4.01. The molecule has 0 spiro atoms. The molecule has 0 aliphatic heterocycles. The van der Waals surface area contributed by atoms with Crippen LogP contribution < -0.4 is 19.5 Å². The van der Waals surface area contributed by atoms with E-state index in [1.165, 1.54) is 30.3 Å². The van der Waals surface area contributed by atoms with Gasteiger partial charge in [-0.1, -0.05) is 41.9 Å². The molecule has 3 aromatic rings. The van der Waals surface area contributed by atoms with Gasteiger partial charge < -0.3 is 14.8 Å². The monoisotopic (exact) mass is 460 g/mol. The molecule has 0 aromatic heterocycles. The topological polar surface area (TPSA) is 93.7 Å². The number of sulfonamides is 1. The average molecular weight is 461 g/mol. The fraction of sp³-hybridized carbons (Fsp3) is 0.136. The zero-order chi connectivity index (χ0) is 22.3. The lowest BCUT2D eigenvalue weighted by Gasteiger charge is -2.12. The molecule has 0 radical (unpaired) electrons. The maximum Gasteiger partial charge on any atom is 0.261 e. The molecule has 3 rings (SSSR count). The lowest BCUT2D eigenvalue weighted by Crippen LogP contribution is -2.28. The van der Waals surface area contributed by atoms with E-state index < -0.39 is 15.9 Å². The van der Waals surface area contributed by atoms with Crippen LogP contribution in [0.3, 0.4) is 0 Å². The van der Waals surface area contributed by atoms with Crippen molar-refractivity contribution in [2.45, 2.75) is 4.90 Å². The van der Waals surface area contributed by atoms with Crippen LogP contribution in [0.1, 0.15) is 10.4 Å². The van der Waals surface area contributed by atoms with Gasteiger partial charge in [-0.05, 0) is 42.5 Å². The molecule has 162 valence electrons. The van der Waals surface area contributed by atoms with Gasteiger partial charge >= 0.3 is 0 Å². The van der Waals surface area contributed by atoms with E-state index in [1.807, 2.05) is 12.1 Å². The molecule has 3 aromatic carbocycles. The molecule has 0 aliphatic rings. The summed E-state index contributed by atoms with van der Waals surface area (Å²) in [4.78, 5) is 12.6. The van der Waals surface area contributed by atoms with Gasteiger partial charge in [0, 0.05) is 5.69 Å². The first kappa shape index (κ1) is 22.5. The second-order valence-corrected chi connectivity index (χ2v) is 8.46. The number of carbonyl (C=O) groups is 1. The van der Waals surface area contributed by atoms with Crippen molar-refractivity contribution in [1.29, 1.82) is 0 Å². The van der Waals surface area contributed by atoms with Gasteiger partial charge in [0.1, 0.15) is 6.61 Å². The molecule has 0 bridgehead atoms. The summed E-state index contributed by atoms with van der Waals surface area (Å²) in [6.45, 7) is 0.428. The Kier molecular flexibility index (Phi) is 7.38. The molecule has 7 nitrogen and oxygen atoms in total. The predicted molar refractivity (Wildman–Crippen MR) is 120 cm³/mol. The zero-order valence-corrected chi connectivity index (χ0v) is 18.2. The number of carbonyl (C=O) groups excluding carboxylic acids is 1. The van der Waals surface area contributed by atoms with E-state index in [9.17, 15) is 13.2 Å². The minimum Gasteiger partial charge on any atom is -0.493 e. The highest BCUT2D eigenvalue weighted by molar-refractivity contribution is 7.92. The van der Waals surface area contributed by atoms with Crippen LogP contribution in [0.15, 0.2) is 77.7 Å². The maximum atomic E-state index is 12.5. The van der Waals surface area contributed by atoms with E-state index in [4.69, 9.17) is 21.1 Å². The van der Waals surface area contributed by atoms with Crippen molar-refractivity contribution in [1.82, 2.24) is 5.32 Å². The van der Waals surface area contributed by atoms with Crippen LogP contribution in [0.4, 0.5) is 5.69 Å². The molecule has 0 saturated heterocycles. The maximum absolute atomic E-state index is 12.5. The Morgan fingerprint density at radius 1 is 0.968 bits per heavy atom. The Bertz CT molecular complexity index is 1150. The Morgan fingerprint density at radius 3 is 2.35 bits per heavy atom. The first-order chi connectivity index (χ1) is 14.9. The molecule has 0 aliphatic carbocycles. The van der Waals surface area contributed by atoms with E-state index in [2.05, 4.69) is 10.0 Å². The molecular weight excluding hydrogens is 440 g/mol. The molecular formula is C22H21ClN2O5S. The standard InChI is InChI=1S/C22H21ClN2O5S/c1-29-20-9-5-6-10-21(20)30-14-13-24-22(26)18-15-16(11-12-19(18)23)25-31(27,28)17-7-3-2-4-8-17/h2-12,15,25H,13-14H2,1H3,(H,24,26). The van der Waals surface area contributed by atoms with Crippen LogP contribution in [0.25, 0.3) is 0 Å². The highest BCUT2D eigenvalue weighted by Crippen LogP contribution is 2.26. The van der Waals surface area contributed by atoms with Crippen molar-refractivity contribution in [2.24, 2.45) is 0 Å². The predicted octanol–water partition coefficient (Wildman–Crippen LogP) is 3.96. The molecule has 0 fully saturated rings. The van der Waals surface area contributed by atoms with Crippen LogP contribution in [-0.4, -0.2) is 34.6 Å². The number of hydrogen-bond donors (Lipinski definition) is 2. The largest absolute Gasteiger partial charge is 0.493 e. The minimum absolute atomic E-state index is 0.115. The van der Waals surface area contributed by atoms with Crippen LogP contribution in [-0.2, 0) is 10.0 Å². The quantitative estimate of drug-likeness (QED) is 0.471. The van der Waals surface area contributed by atoms with Gasteiger partial charge in [0.15, 0.2) is 11.5 Å². The fourth-order valence-electron chi connectivity index (χ4n) is 2.74. The van der Waals surface area contributed by atoms with Gasteiger partial charge in [0.05, 0.1) is 29.1 Å². The minimum atomic E-state index is -3.78. The number of methoxy groups -OCH3 is 1. The summed E-state index contributed by atoms with van der Waals surface area (Å²) in [5, 5.41) is 2.90. The van der Waals surface area contributed by atoms with E-state index >= 15 is 0 Å². The number of hydrogen-bond acceptors (Lipinski definition) is 5. The Labute approximate surface area is 186 Å². The van der Waals surface area contributed by atoms with Crippen LogP contribution in [0.5, 0.6) is 11.5 Å². The smallest absolute Gasteiger partial charge is 0.261 e. The lowest BCUT2D eigenvalue weighted by atomic mass is 10.2. The van der Waals surface area contributed by atoms with Crippen molar-refractivity contribution in [2.75, 3.05) is 25.0 Å². The summed E-state index contributed by atoms with van der Waals surface area (Å²) in [6, 6.07) is 19.5. The van der Waals surface area contributed by atoms with Crippen molar-refractivity contribution in [3.05, 3.63) is 83.4 Å². The molecule has 9 heteroatoms. The van der Waals surface area contributed by atoms with E-state index in [-0.39, 0.29) is 34.3 Å². The number of anilines is 1. The van der Waals surface area contributed by atoms with Crippen LogP contribution in [0.2, 0.25) is 5.02 Å². The number of halogens is 1. The molecule has 0 heterocycles. The first-order valence-corrected chi connectivity index (χ1v) is 11.2. The van der Waals surface area contributed by atoms with E-state index in [0.717, 1.165) is 0 Å². The van der Waals surface area contributed by atoms with Crippen molar-refractivity contribution in [3.63, 3.8) is 0 Å². The third-order valence-electron chi connectivity index (χ3n) is 4.23. The van der Waals surface area contributed by atoms with Gasteiger partial charge in [-0.25, -0.2) is 8.42 Å². The molecule has 0 unspecified atom stereocenters. The molecule has 1 amide bonds. The van der Waals surface area contributed by atoms with E-state index in [1.54, 1.807) is 37.4 Å². The van der Waals surface area contributed by atoms with Gasteiger partial charge in [0.2, 0.25) is 0 Å². The van der Waals surface area contributed by atoms with Crippen molar-refractivity contribution in [3.8, 4) is 11.5 Å². The van der Waals surface area contributed by atoms with Crippen LogP contribution >= 0.6 is 11.6 Å². The number of benzene rings is 3. The Morgan fingerprint density at radius 2 is 1.65 bits per heavy atom. The second-order valence-electron chi connectivity index (χ2n) is 6.37. The van der Waals surface area contributed by atoms with Gasteiger partial charge in [-0.2, -0.15) is 0 Å². The summed E-state index contributed by atoms with van der Waals surface area (Å²) in [5.74, 6) is 0.708. The number of nitrogens with one attached hydrogen (secondary N) is 2. The highest BCUT2D eigenvalue weighted by Gasteiger charge is 2.16. The third kappa shape index (κ3) is 5.90. The summed E-state index contributed by atoms with van der Waals surface area (Å²) in [6.07, 6.45) is 0. The van der Waals surface area contributed by atoms with Crippen LogP contribution in [0, 0.1) is 0 Å². The average Bonchev–Trinajstić information content (AvgIpc) is 2.78. The van der Waals surface area contributed by atoms with Crippen molar-refractivity contribution >= 4 is 33.2 Å². The van der Waals surface area contributed by atoms with Gasteiger partial charge in [-0.3, -0.25) is 9.52 Å². The van der Waals surface area contributed by atoms with E-state index in [0.29, 0.717) is 11.5 Å². The third-order valence-corrected chi connectivity index (χ3v) is 5.96. The zero-order valence-electron chi connectivity index (χ0n) is 16.7. The Balaban J connectivity index is 1.62. The summed E-state index contributed by atoms with van der Waals surface area (Å²) in [7, 11) is -2.24. The highest BCUT2D eigenvalue weighted by atomic mass is 35.5. The summed E-state index contributed by atoms with van der Waals surface area (Å²) >= 11 is 6.14. The SMILES string of the molecule is COc1ccccc1OCCNC(=O)c1cc(NS(=O)(=O)c2ccccc2)ccc1Cl. The number of rotatable bonds is 9. The second kappa shape index (κ2) is 10.2. The molecule has 0 saturated carbocycles. The normalized spacial score (nSPS) is 10.9. The lowest BCUT2D eigenvalue weighted by molar-refractivity contribution is 0.0947. The summed E-state index contributed by atoms with van der Waals surface area (Å²) < 4.78 is 38.3. The van der Waals surface area contributed by atoms with Crippen molar-refractivity contribution < 1.29 is 22.7 Å². The molecule has 31 heavy (non-hydrogen) atoms. The Hall–Kier alpha value is -3.23. The number of para-hydroxylation sites is 2. The first-order valence-electron chi connectivity index (χ1n) is 9.32. The summed E-state index contributed by atoms with van der Waals surface area (Å²) in [5.41, 5.74) is 0.371. The number of amides is 1. The van der Waals surface area contributed by atoms with Gasteiger partial charge in [-0.15, -0.1) is 0 Å². The van der Waals surface area contributed by atoms with Gasteiger partial charge in [0.25, 0.3) is 15.9 Å². The molecule has 0 atom stereocenters.